The van der Waals surface area contributed by atoms with Crippen LogP contribution in [0.5, 0.6) is 0 Å². The molecular weight excluding hydrogens is 420 g/mol. The zero-order valence-electron chi connectivity index (χ0n) is 18.4. The zero-order valence-corrected chi connectivity index (χ0v) is 19.2. The topological polar surface area (TPSA) is 83.0 Å². The Morgan fingerprint density at radius 2 is 1.81 bits per heavy atom. The molecular formula is C24H28N6OS. The highest BCUT2D eigenvalue weighted by molar-refractivity contribution is 7.99. The van der Waals surface area contributed by atoms with Crippen molar-refractivity contribution in [2.75, 3.05) is 28.6 Å². The van der Waals surface area contributed by atoms with Crippen LogP contribution in [0.2, 0.25) is 0 Å². The molecule has 1 aromatic heterocycles. The summed E-state index contributed by atoms with van der Waals surface area (Å²) in [6, 6.07) is 16.3. The van der Waals surface area contributed by atoms with Crippen LogP contribution in [0.3, 0.4) is 0 Å². The normalized spacial score (nSPS) is 14.2. The molecule has 32 heavy (non-hydrogen) atoms. The van der Waals surface area contributed by atoms with Crippen molar-refractivity contribution < 1.29 is 4.79 Å². The summed E-state index contributed by atoms with van der Waals surface area (Å²) in [4.78, 5) is 27.0. The van der Waals surface area contributed by atoms with Crippen molar-refractivity contribution in [1.82, 2.24) is 15.0 Å². The minimum absolute atomic E-state index is 0.0990. The van der Waals surface area contributed by atoms with Gasteiger partial charge in [0.05, 0.1) is 0 Å². The lowest BCUT2D eigenvalue weighted by Gasteiger charge is -2.31. The maximum atomic E-state index is 11.4. The van der Waals surface area contributed by atoms with E-state index in [9.17, 15) is 4.79 Å². The summed E-state index contributed by atoms with van der Waals surface area (Å²) in [5.74, 6) is 2.16. The first-order valence-electron chi connectivity index (χ1n) is 10.8. The van der Waals surface area contributed by atoms with Gasteiger partial charge in [0, 0.05) is 42.4 Å². The number of anilines is 4. The molecule has 0 aliphatic carbocycles. The molecule has 1 saturated heterocycles. The predicted molar refractivity (Wildman–Crippen MR) is 132 cm³/mol. The Morgan fingerprint density at radius 1 is 1.06 bits per heavy atom. The van der Waals surface area contributed by atoms with Crippen LogP contribution in [0.15, 0.2) is 54.9 Å². The van der Waals surface area contributed by atoms with Crippen molar-refractivity contribution in [3.63, 3.8) is 0 Å². The number of aromatic nitrogens is 3. The van der Waals surface area contributed by atoms with Gasteiger partial charge in [-0.3, -0.25) is 4.79 Å². The van der Waals surface area contributed by atoms with Crippen LogP contribution < -0.4 is 15.5 Å². The van der Waals surface area contributed by atoms with Gasteiger partial charge in [-0.05, 0) is 43.0 Å². The van der Waals surface area contributed by atoms with Gasteiger partial charge in [-0.25, -0.2) is 9.97 Å². The molecule has 0 saturated carbocycles. The van der Waals surface area contributed by atoms with E-state index in [1.54, 1.807) is 6.33 Å². The molecule has 7 nitrogen and oxygen atoms in total. The number of hydrogen-bond acceptors (Lipinski definition) is 7. The second-order valence-corrected chi connectivity index (χ2v) is 9.17. The smallest absolute Gasteiger partial charge is 0.232 e. The van der Waals surface area contributed by atoms with Crippen LogP contribution in [-0.4, -0.2) is 39.2 Å². The lowest BCUT2D eigenvalue weighted by Crippen LogP contribution is -2.36. The van der Waals surface area contributed by atoms with E-state index >= 15 is 0 Å². The first-order valence-corrected chi connectivity index (χ1v) is 11.9. The Kier molecular flexibility index (Phi) is 7.21. The molecule has 1 amide bonds. The van der Waals surface area contributed by atoms with E-state index in [2.05, 4.69) is 60.8 Å². The molecule has 0 radical (unpaired) electrons. The number of nitrogens with one attached hydrogen (secondary N) is 2. The highest BCUT2D eigenvalue weighted by atomic mass is 32.2. The second kappa shape index (κ2) is 10.5. The van der Waals surface area contributed by atoms with Crippen LogP contribution in [0, 0.1) is 6.92 Å². The molecule has 1 aliphatic heterocycles. The number of piperidine rings is 1. The van der Waals surface area contributed by atoms with Crippen molar-refractivity contribution in [3.05, 3.63) is 66.0 Å². The number of rotatable bonds is 7. The van der Waals surface area contributed by atoms with Crippen LogP contribution in [0.1, 0.15) is 30.9 Å². The van der Waals surface area contributed by atoms with Crippen LogP contribution in [-0.2, 0) is 10.5 Å². The Bertz CT molecular complexity index is 1050. The van der Waals surface area contributed by atoms with Crippen molar-refractivity contribution in [2.24, 2.45) is 0 Å². The number of nitrogens with zero attached hydrogens (tertiary/aromatic N) is 4. The fourth-order valence-electron chi connectivity index (χ4n) is 3.73. The molecule has 3 aromatic rings. The van der Waals surface area contributed by atoms with Gasteiger partial charge in [-0.2, -0.15) is 16.7 Å². The molecule has 8 heteroatoms. The average Bonchev–Trinajstić information content (AvgIpc) is 2.81. The summed E-state index contributed by atoms with van der Waals surface area (Å²) < 4.78 is 0. The molecule has 0 spiro atoms. The quantitative estimate of drug-likeness (QED) is 0.538. The summed E-state index contributed by atoms with van der Waals surface area (Å²) in [6.07, 6.45) is 3.78. The zero-order chi connectivity index (χ0) is 22.3. The van der Waals surface area contributed by atoms with E-state index in [4.69, 9.17) is 0 Å². The molecule has 0 atom stereocenters. The van der Waals surface area contributed by atoms with Crippen LogP contribution >= 0.6 is 11.8 Å². The lowest BCUT2D eigenvalue weighted by atomic mass is 10.1. The van der Waals surface area contributed by atoms with Crippen molar-refractivity contribution in [1.29, 1.82) is 0 Å². The Balaban J connectivity index is 1.35. The van der Waals surface area contributed by atoms with Gasteiger partial charge in [0.25, 0.3) is 0 Å². The van der Waals surface area contributed by atoms with Crippen LogP contribution in [0.4, 0.5) is 23.3 Å². The van der Waals surface area contributed by atoms with Crippen molar-refractivity contribution in [2.45, 2.75) is 37.7 Å². The number of carbonyl (C=O) groups is 1. The molecule has 4 rings (SSSR count). The van der Waals surface area contributed by atoms with Gasteiger partial charge in [0.15, 0.2) is 0 Å². The van der Waals surface area contributed by atoms with Crippen molar-refractivity contribution in [3.8, 4) is 0 Å². The third-order valence-electron chi connectivity index (χ3n) is 5.50. The molecule has 1 aliphatic rings. The minimum atomic E-state index is -0.0990. The number of benzene rings is 2. The maximum absolute atomic E-state index is 11.4. The number of thioether (sulfide) groups is 1. The number of amides is 1. The minimum Gasteiger partial charge on any atom is -0.341 e. The Morgan fingerprint density at radius 3 is 2.56 bits per heavy atom. The second-order valence-electron chi connectivity index (χ2n) is 7.88. The molecule has 166 valence electrons. The Hall–Kier alpha value is -3.13. The summed E-state index contributed by atoms with van der Waals surface area (Å²) in [6.45, 7) is 5.33. The molecule has 0 unspecified atom stereocenters. The van der Waals surface area contributed by atoms with Gasteiger partial charge in [-0.15, -0.1) is 0 Å². The van der Waals surface area contributed by atoms with Gasteiger partial charge in [0.1, 0.15) is 6.33 Å². The number of carbonyl (C=O) groups excluding carboxylic acids is 1. The van der Waals surface area contributed by atoms with Gasteiger partial charge in [0.2, 0.25) is 17.8 Å². The van der Waals surface area contributed by atoms with Crippen molar-refractivity contribution >= 4 is 40.9 Å². The number of hydrogen-bond donors (Lipinski definition) is 2. The predicted octanol–water partition coefficient (Wildman–Crippen LogP) is 4.78. The third kappa shape index (κ3) is 5.76. The molecule has 2 N–H and O–H groups in total. The third-order valence-corrected chi connectivity index (χ3v) is 6.95. The molecule has 2 heterocycles. The molecule has 1 fully saturated rings. The van der Waals surface area contributed by atoms with E-state index in [-0.39, 0.29) is 5.91 Å². The molecule has 2 aromatic carbocycles. The first-order chi connectivity index (χ1) is 15.6. The monoisotopic (exact) mass is 448 g/mol. The lowest BCUT2D eigenvalue weighted by molar-refractivity contribution is -0.114. The molecule has 0 bridgehead atoms. The first kappa shape index (κ1) is 22.1. The Labute approximate surface area is 193 Å². The van der Waals surface area contributed by atoms with E-state index in [0.717, 1.165) is 48.6 Å². The fourth-order valence-corrected chi connectivity index (χ4v) is 4.89. The standard InChI is InChI=1S/C24H28N6OS/c1-17-21(27-18(2)31)9-6-10-22(17)28-23-25-16-26-24(29-23)30-13-11-20(12-14-30)32-15-19-7-4-3-5-8-19/h3-10,16,20H,11-15H2,1-2H3,(H,27,31)(H,25,26,28,29). The summed E-state index contributed by atoms with van der Waals surface area (Å²) in [7, 11) is 0. The average molecular weight is 449 g/mol. The highest BCUT2D eigenvalue weighted by Crippen LogP contribution is 2.29. The highest BCUT2D eigenvalue weighted by Gasteiger charge is 2.22. The fraction of sp³-hybridized carbons (Fsp3) is 0.333. The van der Waals surface area contributed by atoms with Gasteiger partial charge in [-0.1, -0.05) is 36.4 Å². The summed E-state index contributed by atoms with van der Waals surface area (Å²) in [5, 5.41) is 6.77. The van der Waals surface area contributed by atoms with E-state index in [1.807, 2.05) is 36.9 Å². The van der Waals surface area contributed by atoms with Gasteiger partial charge >= 0.3 is 0 Å². The summed E-state index contributed by atoms with van der Waals surface area (Å²) in [5.41, 5.74) is 3.93. The maximum Gasteiger partial charge on any atom is 0.232 e. The van der Waals surface area contributed by atoms with Gasteiger partial charge < -0.3 is 15.5 Å². The van der Waals surface area contributed by atoms with Crippen LogP contribution in [0.25, 0.3) is 0 Å². The SMILES string of the molecule is CC(=O)Nc1cccc(Nc2ncnc(N3CCC(SCc4ccccc4)CC3)n2)c1C. The summed E-state index contributed by atoms with van der Waals surface area (Å²) >= 11 is 2.04. The van der Waals surface area contributed by atoms with E-state index in [0.29, 0.717) is 17.1 Å². The van der Waals surface area contributed by atoms with E-state index in [1.165, 1.54) is 12.5 Å². The largest absolute Gasteiger partial charge is 0.341 e. The van der Waals surface area contributed by atoms with E-state index < -0.39 is 0 Å².